The van der Waals surface area contributed by atoms with Crippen LogP contribution in [0.25, 0.3) is 0 Å². The summed E-state index contributed by atoms with van der Waals surface area (Å²) in [7, 11) is 1.66. The number of amides is 1. The fraction of sp³-hybridized carbons (Fsp3) is 0.591. The molecule has 1 fully saturated rings. The van der Waals surface area contributed by atoms with Crippen LogP contribution in [0.15, 0.2) is 30.3 Å². The molecule has 8 nitrogen and oxygen atoms in total. The first-order valence-corrected chi connectivity index (χ1v) is 10.8. The van der Waals surface area contributed by atoms with Crippen molar-refractivity contribution in [2.75, 3.05) is 53.1 Å². The molecule has 162 valence electrons. The molecule has 2 aromatic rings. The number of benzene rings is 1. The fourth-order valence-electron chi connectivity index (χ4n) is 4.26. The molecule has 1 aromatic heterocycles. The molecule has 3 heterocycles. The minimum atomic E-state index is -0.304. The third-order valence-electron chi connectivity index (χ3n) is 5.89. The molecule has 0 unspecified atom stereocenters. The van der Waals surface area contributed by atoms with Crippen LogP contribution < -0.4 is 0 Å². The fourth-order valence-corrected chi connectivity index (χ4v) is 4.26. The molecule has 1 amide bonds. The van der Waals surface area contributed by atoms with Crippen LogP contribution in [0.3, 0.4) is 0 Å². The maximum absolute atomic E-state index is 13.3. The van der Waals surface area contributed by atoms with E-state index in [9.17, 15) is 4.79 Å². The van der Waals surface area contributed by atoms with Gasteiger partial charge in [-0.1, -0.05) is 30.3 Å². The number of aromatic nitrogens is 3. The summed E-state index contributed by atoms with van der Waals surface area (Å²) < 4.78 is 12.7. The van der Waals surface area contributed by atoms with Crippen LogP contribution in [0.2, 0.25) is 0 Å². The summed E-state index contributed by atoms with van der Waals surface area (Å²) in [6.45, 7) is 6.19. The minimum absolute atomic E-state index is 0.123. The Kier molecular flexibility index (Phi) is 7.09. The highest BCUT2D eigenvalue weighted by Gasteiger charge is 2.35. The lowest BCUT2D eigenvalue weighted by molar-refractivity contribution is -0.138. The molecule has 4 rings (SSSR count). The van der Waals surface area contributed by atoms with Gasteiger partial charge in [-0.05, 0) is 18.5 Å². The zero-order chi connectivity index (χ0) is 20.8. The van der Waals surface area contributed by atoms with Crippen LogP contribution in [0.5, 0.6) is 0 Å². The molecule has 0 bridgehead atoms. The summed E-state index contributed by atoms with van der Waals surface area (Å²) in [5.41, 5.74) is 1.14. The molecule has 0 radical (unpaired) electrons. The first-order chi connectivity index (χ1) is 14.8. The summed E-state index contributed by atoms with van der Waals surface area (Å²) in [6, 6.07) is 9.87. The van der Waals surface area contributed by atoms with E-state index in [4.69, 9.17) is 9.47 Å². The summed E-state index contributed by atoms with van der Waals surface area (Å²) >= 11 is 0. The van der Waals surface area contributed by atoms with E-state index in [2.05, 4.69) is 31.8 Å². The molecule has 30 heavy (non-hydrogen) atoms. The largest absolute Gasteiger partial charge is 0.383 e. The Labute approximate surface area is 177 Å². The van der Waals surface area contributed by atoms with Crippen LogP contribution >= 0.6 is 0 Å². The van der Waals surface area contributed by atoms with Gasteiger partial charge in [0.05, 0.1) is 26.4 Å². The molecule has 0 spiro atoms. The van der Waals surface area contributed by atoms with Gasteiger partial charge in [0.2, 0.25) is 5.91 Å². The van der Waals surface area contributed by atoms with E-state index in [1.165, 1.54) is 0 Å². The van der Waals surface area contributed by atoms with Gasteiger partial charge in [0.1, 0.15) is 11.9 Å². The van der Waals surface area contributed by atoms with E-state index in [-0.39, 0.29) is 11.9 Å². The third kappa shape index (κ3) is 4.88. The Hall–Kier alpha value is -2.29. The van der Waals surface area contributed by atoms with Crippen molar-refractivity contribution >= 4 is 5.91 Å². The molecular formula is C22H31N5O3. The minimum Gasteiger partial charge on any atom is -0.383 e. The van der Waals surface area contributed by atoms with Crippen LogP contribution in [0.1, 0.15) is 29.7 Å². The van der Waals surface area contributed by atoms with Gasteiger partial charge in [0, 0.05) is 39.6 Å². The molecule has 0 N–H and O–H groups in total. The Balaban J connectivity index is 1.51. The monoisotopic (exact) mass is 413 g/mol. The molecule has 2 aliphatic rings. The van der Waals surface area contributed by atoms with Gasteiger partial charge in [0.15, 0.2) is 5.82 Å². The number of carbonyl (C=O) groups is 1. The van der Waals surface area contributed by atoms with Gasteiger partial charge >= 0.3 is 0 Å². The average molecular weight is 414 g/mol. The van der Waals surface area contributed by atoms with Crippen molar-refractivity contribution in [3.63, 3.8) is 0 Å². The number of morpholine rings is 1. The molecule has 1 aromatic carbocycles. The first kappa shape index (κ1) is 21.0. The van der Waals surface area contributed by atoms with Gasteiger partial charge in [-0.3, -0.25) is 9.69 Å². The van der Waals surface area contributed by atoms with Crippen molar-refractivity contribution in [3.05, 3.63) is 47.5 Å². The molecule has 1 saturated heterocycles. The van der Waals surface area contributed by atoms with Crippen molar-refractivity contribution < 1.29 is 14.3 Å². The quantitative estimate of drug-likeness (QED) is 0.617. The lowest BCUT2D eigenvalue weighted by Crippen LogP contribution is -2.45. The summed E-state index contributed by atoms with van der Waals surface area (Å²) in [5, 5.41) is 8.93. The second-order valence-corrected chi connectivity index (χ2v) is 7.92. The average Bonchev–Trinajstić information content (AvgIpc) is 3.18. The van der Waals surface area contributed by atoms with Crippen LogP contribution in [-0.4, -0.2) is 83.6 Å². The van der Waals surface area contributed by atoms with Crippen LogP contribution in [0, 0.1) is 0 Å². The number of carbonyl (C=O) groups excluding carboxylic acids is 1. The number of hydrogen-bond acceptors (Lipinski definition) is 6. The Bertz CT molecular complexity index is 819. The van der Waals surface area contributed by atoms with E-state index in [0.717, 1.165) is 62.9 Å². The summed E-state index contributed by atoms with van der Waals surface area (Å²) in [5.74, 6) is 1.91. The molecular weight excluding hydrogens is 382 g/mol. The zero-order valence-electron chi connectivity index (χ0n) is 17.7. The number of hydrogen-bond donors (Lipinski definition) is 0. The molecule has 0 aliphatic carbocycles. The SMILES string of the molecule is COCCN1Cc2nnc(CCCN3CCOCC3)n2[C@H](Cc2ccccc2)C1=O. The van der Waals surface area contributed by atoms with Gasteiger partial charge in [-0.2, -0.15) is 0 Å². The summed E-state index contributed by atoms with van der Waals surface area (Å²) in [4.78, 5) is 17.6. The predicted octanol–water partition coefficient (Wildman–Crippen LogP) is 1.32. The second-order valence-electron chi connectivity index (χ2n) is 7.92. The number of fused-ring (bicyclic) bond motifs is 1. The highest BCUT2D eigenvalue weighted by molar-refractivity contribution is 5.82. The number of ether oxygens (including phenoxy) is 2. The molecule has 0 saturated carbocycles. The second kappa shape index (κ2) is 10.1. The van der Waals surface area contributed by atoms with Gasteiger partial charge in [0.25, 0.3) is 0 Å². The van der Waals surface area contributed by atoms with Crippen molar-refractivity contribution in [3.8, 4) is 0 Å². The normalized spacial score (nSPS) is 19.8. The number of aryl methyl sites for hydroxylation is 1. The van der Waals surface area contributed by atoms with Gasteiger partial charge in [-0.15, -0.1) is 10.2 Å². The van der Waals surface area contributed by atoms with Gasteiger partial charge < -0.3 is 18.9 Å². The number of nitrogens with zero attached hydrogens (tertiary/aromatic N) is 5. The van der Waals surface area contributed by atoms with Crippen molar-refractivity contribution in [1.82, 2.24) is 24.6 Å². The predicted molar refractivity (Wildman–Crippen MR) is 112 cm³/mol. The zero-order valence-corrected chi connectivity index (χ0v) is 17.7. The Morgan fingerprint density at radius 2 is 1.93 bits per heavy atom. The maximum Gasteiger partial charge on any atom is 0.246 e. The van der Waals surface area contributed by atoms with E-state index in [0.29, 0.717) is 26.1 Å². The Morgan fingerprint density at radius 3 is 2.70 bits per heavy atom. The smallest absolute Gasteiger partial charge is 0.246 e. The van der Waals surface area contributed by atoms with Crippen molar-refractivity contribution in [2.24, 2.45) is 0 Å². The highest BCUT2D eigenvalue weighted by atomic mass is 16.5. The topological polar surface area (TPSA) is 72.7 Å². The van der Waals surface area contributed by atoms with Crippen molar-refractivity contribution in [2.45, 2.75) is 31.8 Å². The third-order valence-corrected chi connectivity index (χ3v) is 5.89. The Morgan fingerprint density at radius 1 is 1.13 bits per heavy atom. The van der Waals surface area contributed by atoms with E-state index in [1.807, 2.05) is 23.1 Å². The highest BCUT2D eigenvalue weighted by Crippen LogP contribution is 2.27. The standard InChI is InChI=1S/C22H31N5O3/c1-29-13-12-26-17-21-24-23-20(8-5-9-25-10-14-30-15-11-25)27(21)19(22(26)28)16-18-6-3-2-4-7-18/h2-4,6-7,19H,5,8-17H2,1H3/t19-/m1/s1. The number of rotatable bonds is 9. The van der Waals surface area contributed by atoms with Gasteiger partial charge in [-0.25, -0.2) is 0 Å². The van der Waals surface area contributed by atoms with Crippen LogP contribution in [-0.2, 0) is 33.7 Å². The molecule has 8 heteroatoms. The van der Waals surface area contributed by atoms with E-state index in [1.54, 1.807) is 7.11 Å². The van der Waals surface area contributed by atoms with E-state index >= 15 is 0 Å². The summed E-state index contributed by atoms with van der Waals surface area (Å²) in [6.07, 6.45) is 2.46. The van der Waals surface area contributed by atoms with E-state index < -0.39 is 0 Å². The first-order valence-electron chi connectivity index (χ1n) is 10.8. The van der Waals surface area contributed by atoms with Crippen LogP contribution in [0.4, 0.5) is 0 Å². The number of methoxy groups -OCH3 is 1. The molecule has 1 atom stereocenters. The lowest BCUT2D eigenvalue weighted by Gasteiger charge is -2.34. The molecule has 2 aliphatic heterocycles. The lowest BCUT2D eigenvalue weighted by atomic mass is 10.0. The van der Waals surface area contributed by atoms with Crippen molar-refractivity contribution in [1.29, 1.82) is 0 Å². The maximum atomic E-state index is 13.3.